The zero-order chi connectivity index (χ0) is 5.98. The molecule has 0 saturated heterocycles. The number of allylic oxidation sites excluding steroid dienone is 1. The smallest absolute Gasteiger partial charge is 0.123 e. The molecule has 0 aromatic heterocycles. The third kappa shape index (κ3) is 1.07. The van der Waals surface area contributed by atoms with Crippen molar-refractivity contribution in [3.8, 4) is 0 Å². The highest BCUT2D eigenvalue weighted by Gasteiger charge is 1.94. The van der Waals surface area contributed by atoms with Crippen molar-refractivity contribution in [3.63, 3.8) is 0 Å². The molecule has 0 fully saturated rings. The van der Waals surface area contributed by atoms with Crippen molar-refractivity contribution in [2.45, 2.75) is 6.92 Å². The molecule has 1 heterocycles. The maximum atomic E-state index is 5.37. The topological polar surface area (TPSA) is 41.6 Å². The molecule has 0 unspecified atom stereocenters. The van der Waals surface area contributed by atoms with Gasteiger partial charge in [0.15, 0.2) is 0 Å². The van der Waals surface area contributed by atoms with Gasteiger partial charge in [0.05, 0.1) is 0 Å². The lowest BCUT2D eigenvalue weighted by Crippen LogP contribution is -2.27. The van der Waals surface area contributed by atoms with Gasteiger partial charge in [0, 0.05) is 12.4 Å². The van der Waals surface area contributed by atoms with Crippen LogP contribution >= 0.6 is 0 Å². The second-order valence-electron chi connectivity index (χ2n) is 1.84. The summed E-state index contributed by atoms with van der Waals surface area (Å²) >= 11 is 0. The van der Waals surface area contributed by atoms with Gasteiger partial charge >= 0.3 is 0 Å². The van der Waals surface area contributed by atoms with Crippen LogP contribution in [-0.4, -0.2) is 17.9 Å². The molecular formula is C5H9N3. The van der Waals surface area contributed by atoms with Crippen LogP contribution in [0, 0.1) is 0 Å². The molecule has 0 aromatic rings. The Hall–Kier alpha value is -0.830. The predicted octanol–water partition coefficient (Wildman–Crippen LogP) is 0.108. The fraction of sp³-hybridized carbons (Fsp3) is 0.400. The van der Waals surface area contributed by atoms with E-state index in [0.29, 0.717) is 6.67 Å². The van der Waals surface area contributed by atoms with Crippen molar-refractivity contribution in [1.29, 1.82) is 0 Å². The molecule has 3 heteroatoms. The van der Waals surface area contributed by atoms with Gasteiger partial charge in [-0.25, -0.2) is 5.84 Å². The Kier molecular flexibility index (Phi) is 1.30. The predicted molar refractivity (Wildman–Crippen MR) is 33.1 cm³/mol. The first-order chi connectivity index (χ1) is 3.79. The highest BCUT2D eigenvalue weighted by Crippen LogP contribution is 1.95. The van der Waals surface area contributed by atoms with Gasteiger partial charge in [0.25, 0.3) is 0 Å². The van der Waals surface area contributed by atoms with E-state index >= 15 is 0 Å². The van der Waals surface area contributed by atoms with Crippen LogP contribution in [0.25, 0.3) is 0 Å². The summed E-state index contributed by atoms with van der Waals surface area (Å²) in [5.41, 5.74) is 1.10. The van der Waals surface area contributed by atoms with E-state index in [2.05, 4.69) is 4.99 Å². The van der Waals surface area contributed by atoms with E-state index in [1.165, 1.54) is 0 Å². The van der Waals surface area contributed by atoms with E-state index in [4.69, 9.17) is 5.84 Å². The highest BCUT2D eigenvalue weighted by molar-refractivity contribution is 5.78. The summed E-state index contributed by atoms with van der Waals surface area (Å²) < 4.78 is 0. The second-order valence-corrected chi connectivity index (χ2v) is 1.84. The average molecular weight is 111 g/mol. The van der Waals surface area contributed by atoms with E-state index in [0.717, 1.165) is 5.57 Å². The van der Waals surface area contributed by atoms with Crippen molar-refractivity contribution >= 4 is 6.21 Å². The van der Waals surface area contributed by atoms with Crippen LogP contribution < -0.4 is 5.84 Å². The summed E-state index contributed by atoms with van der Waals surface area (Å²) in [6.07, 6.45) is 3.66. The van der Waals surface area contributed by atoms with E-state index in [1.54, 1.807) is 5.01 Å². The minimum absolute atomic E-state index is 0.581. The van der Waals surface area contributed by atoms with Gasteiger partial charge < -0.3 is 0 Å². The number of nitrogens with zero attached hydrogens (tertiary/aromatic N) is 2. The first-order valence-corrected chi connectivity index (χ1v) is 2.48. The molecule has 44 valence electrons. The lowest BCUT2D eigenvalue weighted by molar-refractivity contribution is 0.402. The Morgan fingerprint density at radius 2 is 2.62 bits per heavy atom. The Morgan fingerprint density at radius 3 is 3.00 bits per heavy atom. The number of rotatable bonds is 0. The normalized spacial score (nSPS) is 18.8. The van der Waals surface area contributed by atoms with Gasteiger partial charge in [-0.2, -0.15) is 0 Å². The number of hydrogen-bond donors (Lipinski definition) is 1. The summed E-state index contributed by atoms with van der Waals surface area (Å²) in [6, 6.07) is 0. The number of hydrazine groups is 1. The molecule has 0 aromatic carbocycles. The first kappa shape index (κ1) is 5.31. The van der Waals surface area contributed by atoms with E-state index in [-0.39, 0.29) is 0 Å². The summed E-state index contributed by atoms with van der Waals surface area (Å²) in [4.78, 5) is 3.95. The monoisotopic (exact) mass is 111 g/mol. The van der Waals surface area contributed by atoms with Gasteiger partial charge in [-0.05, 0) is 12.5 Å². The standard InChI is InChI=1S/C5H9N3/c1-5-2-7-4-8(6)3-5/h2-3H,4,6H2,1H3. The summed E-state index contributed by atoms with van der Waals surface area (Å²) in [7, 11) is 0. The summed E-state index contributed by atoms with van der Waals surface area (Å²) in [5.74, 6) is 5.37. The zero-order valence-electron chi connectivity index (χ0n) is 4.83. The molecule has 0 saturated carbocycles. The third-order valence-corrected chi connectivity index (χ3v) is 0.909. The maximum absolute atomic E-state index is 5.37. The van der Waals surface area contributed by atoms with Gasteiger partial charge in [-0.15, -0.1) is 0 Å². The van der Waals surface area contributed by atoms with Crippen LogP contribution in [0.2, 0.25) is 0 Å². The molecule has 1 aliphatic rings. The quantitative estimate of drug-likeness (QED) is 0.451. The molecule has 0 spiro atoms. The largest absolute Gasteiger partial charge is 0.297 e. The Bertz CT molecular complexity index is 137. The Labute approximate surface area is 48.5 Å². The molecule has 8 heavy (non-hydrogen) atoms. The molecular weight excluding hydrogens is 102 g/mol. The third-order valence-electron chi connectivity index (χ3n) is 0.909. The first-order valence-electron chi connectivity index (χ1n) is 2.48. The van der Waals surface area contributed by atoms with E-state index in [1.807, 2.05) is 19.3 Å². The van der Waals surface area contributed by atoms with E-state index < -0.39 is 0 Å². The molecule has 0 aliphatic carbocycles. The Morgan fingerprint density at radius 1 is 1.88 bits per heavy atom. The van der Waals surface area contributed by atoms with Crippen molar-refractivity contribution in [1.82, 2.24) is 5.01 Å². The van der Waals surface area contributed by atoms with Crippen molar-refractivity contribution in [2.75, 3.05) is 6.67 Å². The lowest BCUT2D eigenvalue weighted by Gasteiger charge is -2.13. The number of nitrogens with two attached hydrogens (primary N) is 1. The summed E-state index contributed by atoms with van der Waals surface area (Å²) in [5, 5.41) is 1.55. The maximum Gasteiger partial charge on any atom is 0.123 e. The summed E-state index contributed by atoms with van der Waals surface area (Å²) in [6.45, 7) is 2.54. The molecule has 0 amide bonds. The molecule has 1 rings (SSSR count). The van der Waals surface area contributed by atoms with Crippen LogP contribution in [-0.2, 0) is 0 Å². The van der Waals surface area contributed by atoms with Gasteiger partial charge in [0.2, 0.25) is 0 Å². The fourth-order valence-electron chi connectivity index (χ4n) is 0.615. The Balaban J connectivity index is 2.63. The molecule has 1 aliphatic heterocycles. The fourth-order valence-corrected chi connectivity index (χ4v) is 0.615. The van der Waals surface area contributed by atoms with Crippen molar-refractivity contribution < 1.29 is 0 Å². The average Bonchev–Trinajstić information content (AvgIpc) is 1.64. The van der Waals surface area contributed by atoms with Gasteiger partial charge in [0.1, 0.15) is 6.67 Å². The van der Waals surface area contributed by atoms with Crippen molar-refractivity contribution in [3.05, 3.63) is 11.8 Å². The van der Waals surface area contributed by atoms with Gasteiger partial charge in [-0.1, -0.05) is 0 Å². The lowest BCUT2D eigenvalue weighted by atomic mass is 10.3. The van der Waals surface area contributed by atoms with Crippen LogP contribution in [0.5, 0.6) is 0 Å². The zero-order valence-corrected chi connectivity index (χ0v) is 4.83. The van der Waals surface area contributed by atoms with Crippen LogP contribution in [0.3, 0.4) is 0 Å². The minimum Gasteiger partial charge on any atom is -0.297 e. The second kappa shape index (κ2) is 1.96. The van der Waals surface area contributed by atoms with Crippen molar-refractivity contribution in [2.24, 2.45) is 10.8 Å². The molecule has 0 bridgehead atoms. The van der Waals surface area contributed by atoms with Crippen LogP contribution in [0.4, 0.5) is 0 Å². The molecule has 0 radical (unpaired) electrons. The van der Waals surface area contributed by atoms with E-state index in [9.17, 15) is 0 Å². The SMILES string of the molecule is CC1=CN(N)CN=C1. The molecule has 0 atom stereocenters. The number of hydrogen-bond acceptors (Lipinski definition) is 3. The number of aliphatic imine (C=N–C) groups is 1. The molecule has 2 N–H and O–H groups in total. The highest BCUT2D eigenvalue weighted by atomic mass is 15.4. The van der Waals surface area contributed by atoms with Crippen LogP contribution in [0.1, 0.15) is 6.92 Å². The minimum atomic E-state index is 0.581. The van der Waals surface area contributed by atoms with Crippen LogP contribution in [0.15, 0.2) is 16.8 Å². The van der Waals surface area contributed by atoms with Gasteiger partial charge in [-0.3, -0.25) is 10.0 Å². The molecule has 3 nitrogen and oxygen atoms in total.